The van der Waals surface area contributed by atoms with E-state index in [1.165, 1.54) is 38.2 Å². The Balaban J connectivity index is 3.59. The van der Waals surface area contributed by atoms with Crippen LogP contribution in [0.25, 0.3) is 0 Å². The summed E-state index contributed by atoms with van der Waals surface area (Å²) in [6.07, 6.45) is 18.2. The molecular weight excluding hydrogens is 318 g/mol. The predicted octanol–water partition coefficient (Wildman–Crippen LogP) is 2.42. The Hall–Kier alpha value is -1.46. The first-order valence-electron chi connectivity index (χ1n) is 9.47. The van der Waals surface area contributed by atoms with Gasteiger partial charge in [0.1, 0.15) is 6.04 Å². The monoisotopic (exact) mass is 352 g/mol. The van der Waals surface area contributed by atoms with Crippen LogP contribution in [0.3, 0.4) is 0 Å². The Labute approximate surface area is 152 Å². The molecule has 144 valence electrons. The largest absolute Gasteiger partial charge is 0.548 e. The minimum atomic E-state index is -1.67. The van der Waals surface area contributed by atoms with Gasteiger partial charge in [-0.1, -0.05) is 56.9 Å². The van der Waals surface area contributed by atoms with Crippen molar-refractivity contribution >= 4 is 11.8 Å². The lowest BCUT2D eigenvalue weighted by Crippen LogP contribution is -2.47. The Morgan fingerprint density at radius 1 is 0.960 bits per heavy atom. The summed E-state index contributed by atoms with van der Waals surface area (Å²) >= 11 is 0. The first-order valence-corrected chi connectivity index (χ1v) is 9.47. The van der Waals surface area contributed by atoms with E-state index in [9.17, 15) is 19.8 Å². The van der Waals surface area contributed by atoms with Gasteiger partial charge in [0.15, 0.2) is 5.78 Å². The molecule has 0 bridgehead atoms. The van der Waals surface area contributed by atoms with E-state index in [4.69, 9.17) is 5.73 Å². The van der Waals surface area contributed by atoms with Crippen LogP contribution in [0.1, 0.15) is 77.6 Å². The van der Waals surface area contributed by atoms with Gasteiger partial charge in [-0.25, -0.2) is 0 Å². The van der Waals surface area contributed by atoms with E-state index in [0.29, 0.717) is 0 Å². The van der Waals surface area contributed by atoms with Gasteiger partial charge in [0.25, 0.3) is 0 Å². The highest BCUT2D eigenvalue weighted by Crippen LogP contribution is 2.07. The number of carboxylic acid groups (broad SMARTS) is 1. The van der Waals surface area contributed by atoms with Gasteiger partial charge >= 0.3 is 0 Å². The fourth-order valence-corrected chi connectivity index (χ4v) is 2.41. The molecule has 2 atom stereocenters. The van der Waals surface area contributed by atoms with Crippen molar-refractivity contribution < 1.29 is 19.8 Å². The average molecular weight is 352 g/mol. The Bertz CT molecular complexity index is 418. The van der Waals surface area contributed by atoms with E-state index >= 15 is 0 Å². The molecule has 0 unspecified atom stereocenters. The van der Waals surface area contributed by atoms with Gasteiger partial charge in [0.2, 0.25) is 0 Å². The van der Waals surface area contributed by atoms with Crippen LogP contribution in [0.4, 0.5) is 0 Å². The fraction of sp³-hybridized carbons (Fsp3) is 0.700. The molecule has 0 heterocycles. The number of Topliss-reactive ketones (excluding diaryl/α,β-unsaturated/α-hetero) is 1. The van der Waals surface area contributed by atoms with E-state index in [0.717, 1.165) is 32.1 Å². The number of ketones is 1. The highest BCUT2D eigenvalue weighted by Gasteiger charge is 2.16. The van der Waals surface area contributed by atoms with Crippen LogP contribution in [-0.2, 0) is 9.59 Å². The number of carbonyl (C=O) groups excluding carboxylic acids is 2. The summed E-state index contributed by atoms with van der Waals surface area (Å²) < 4.78 is 0. The maximum absolute atomic E-state index is 11.4. The topological polar surface area (TPSA) is 103 Å². The van der Waals surface area contributed by atoms with E-state index in [2.05, 4.69) is 19.1 Å². The Morgan fingerprint density at radius 3 is 2.04 bits per heavy atom. The van der Waals surface area contributed by atoms with Crippen LogP contribution >= 0.6 is 0 Å². The zero-order valence-corrected chi connectivity index (χ0v) is 15.5. The number of rotatable bonds is 16. The molecule has 0 aliphatic carbocycles. The lowest BCUT2D eigenvalue weighted by molar-refractivity contribution is -0.306. The van der Waals surface area contributed by atoms with Crippen LogP contribution in [0.2, 0.25) is 0 Å². The van der Waals surface area contributed by atoms with Crippen molar-refractivity contribution in [2.24, 2.45) is 5.73 Å². The number of aliphatic hydroxyl groups excluding tert-OH is 1. The SMILES string of the molecule is CCCCCCC/C=C/CCCC/C=C/[C@H](O)CC(=O)[C@H](N)C(=O)[O-]. The van der Waals surface area contributed by atoms with E-state index in [1.54, 1.807) is 0 Å². The van der Waals surface area contributed by atoms with Crippen molar-refractivity contribution in [1.82, 2.24) is 0 Å². The summed E-state index contributed by atoms with van der Waals surface area (Å²) in [5.74, 6) is -2.34. The maximum Gasteiger partial charge on any atom is 0.158 e. The molecule has 0 spiro atoms. The molecule has 0 saturated carbocycles. The number of hydrogen-bond donors (Lipinski definition) is 2. The molecule has 5 nitrogen and oxygen atoms in total. The first-order chi connectivity index (χ1) is 12.0. The third-order valence-electron chi connectivity index (χ3n) is 4.00. The van der Waals surface area contributed by atoms with Crippen molar-refractivity contribution in [3.8, 4) is 0 Å². The molecule has 0 saturated heterocycles. The molecule has 5 heteroatoms. The van der Waals surface area contributed by atoms with Crippen LogP contribution in [-0.4, -0.2) is 29.0 Å². The quantitative estimate of drug-likeness (QED) is 0.252. The molecule has 0 aliphatic heterocycles. The number of aliphatic carboxylic acids is 1. The summed E-state index contributed by atoms with van der Waals surface area (Å²) in [6.45, 7) is 2.22. The summed E-state index contributed by atoms with van der Waals surface area (Å²) in [5.41, 5.74) is 5.13. The summed E-state index contributed by atoms with van der Waals surface area (Å²) in [5, 5.41) is 20.1. The van der Waals surface area contributed by atoms with Gasteiger partial charge in [0, 0.05) is 6.42 Å². The van der Waals surface area contributed by atoms with Crippen molar-refractivity contribution in [1.29, 1.82) is 0 Å². The van der Waals surface area contributed by atoms with Gasteiger partial charge in [-0.2, -0.15) is 0 Å². The number of aliphatic hydroxyl groups is 1. The molecule has 0 fully saturated rings. The van der Waals surface area contributed by atoms with Crippen molar-refractivity contribution in [2.75, 3.05) is 0 Å². The lowest BCUT2D eigenvalue weighted by Gasteiger charge is -2.12. The fourth-order valence-electron chi connectivity index (χ4n) is 2.41. The number of carbonyl (C=O) groups is 2. The predicted molar refractivity (Wildman–Crippen MR) is 98.7 cm³/mol. The van der Waals surface area contributed by atoms with Crippen molar-refractivity contribution in [2.45, 2.75) is 89.7 Å². The number of allylic oxidation sites excluding steroid dienone is 3. The van der Waals surface area contributed by atoms with Gasteiger partial charge in [-0.05, 0) is 38.5 Å². The Morgan fingerprint density at radius 2 is 1.48 bits per heavy atom. The van der Waals surface area contributed by atoms with E-state index in [1.807, 2.05) is 6.08 Å². The number of carboxylic acids is 1. The molecular formula is C20H34NO4-. The average Bonchev–Trinajstić information content (AvgIpc) is 2.58. The molecule has 3 N–H and O–H groups in total. The van der Waals surface area contributed by atoms with Crippen LogP contribution in [0, 0.1) is 0 Å². The van der Waals surface area contributed by atoms with Gasteiger partial charge in [-0.15, -0.1) is 0 Å². The van der Waals surface area contributed by atoms with Crippen LogP contribution in [0.15, 0.2) is 24.3 Å². The second-order valence-corrected chi connectivity index (χ2v) is 6.42. The first kappa shape index (κ1) is 23.5. The van der Waals surface area contributed by atoms with Gasteiger partial charge in [-0.3, -0.25) is 4.79 Å². The van der Waals surface area contributed by atoms with Gasteiger partial charge in [0.05, 0.1) is 12.1 Å². The summed E-state index contributed by atoms with van der Waals surface area (Å²) in [6, 6.07) is -1.67. The lowest BCUT2D eigenvalue weighted by atomic mass is 10.1. The third kappa shape index (κ3) is 14.6. The second kappa shape index (κ2) is 16.0. The highest BCUT2D eigenvalue weighted by atomic mass is 16.4. The molecule has 0 radical (unpaired) electrons. The molecule has 25 heavy (non-hydrogen) atoms. The minimum absolute atomic E-state index is 0.299. The normalized spacial score (nSPS) is 14.2. The zero-order chi connectivity index (χ0) is 18.9. The summed E-state index contributed by atoms with van der Waals surface area (Å²) in [4.78, 5) is 21.8. The van der Waals surface area contributed by atoms with E-state index < -0.39 is 23.9 Å². The maximum atomic E-state index is 11.4. The molecule has 0 aromatic heterocycles. The molecule has 0 rings (SSSR count). The van der Waals surface area contributed by atoms with E-state index in [-0.39, 0.29) is 6.42 Å². The van der Waals surface area contributed by atoms with Gasteiger partial charge < -0.3 is 20.7 Å². The zero-order valence-electron chi connectivity index (χ0n) is 15.5. The van der Waals surface area contributed by atoms with Crippen LogP contribution < -0.4 is 10.8 Å². The standard InChI is InChI=1S/C20H35NO4/c1-2-3-4-5-6-7-8-9-10-11-12-13-14-15-17(22)16-18(23)19(21)20(24)25/h8-9,14-15,17,19,22H,2-7,10-13,16,21H2,1H3,(H,24,25)/p-1/b9-8+,15-14+/t17-,19-/m0/s1. The molecule has 0 aromatic carbocycles. The molecule has 0 amide bonds. The second-order valence-electron chi connectivity index (χ2n) is 6.42. The molecule has 0 aliphatic rings. The van der Waals surface area contributed by atoms with Crippen molar-refractivity contribution in [3.63, 3.8) is 0 Å². The number of unbranched alkanes of at least 4 members (excludes halogenated alkanes) is 8. The Kier molecular flexibility index (Phi) is 15.1. The summed E-state index contributed by atoms with van der Waals surface area (Å²) in [7, 11) is 0. The smallest absolute Gasteiger partial charge is 0.158 e. The highest BCUT2D eigenvalue weighted by molar-refractivity contribution is 6.01. The number of nitrogens with two attached hydrogens (primary N) is 1. The minimum Gasteiger partial charge on any atom is -0.548 e. The number of hydrogen-bond acceptors (Lipinski definition) is 5. The van der Waals surface area contributed by atoms with Crippen molar-refractivity contribution in [3.05, 3.63) is 24.3 Å². The third-order valence-corrected chi connectivity index (χ3v) is 4.00. The van der Waals surface area contributed by atoms with Crippen LogP contribution in [0.5, 0.6) is 0 Å². The molecule has 0 aromatic rings.